The second-order valence-electron chi connectivity index (χ2n) is 3.61. The van der Waals surface area contributed by atoms with Crippen molar-refractivity contribution in [2.45, 2.75) is 31.7 Å². The Hall–Kier alpha value is -1.08. The van der Waals surface area contributed by atoms with Crippen molar-refractivity contribution in [3.05, 3.63) is 48.6 Å². The Labute approximate surface area is 86.6 Å². The van der Waals surface area contributed by atoms with Crippen LogP contribution >= 0.6 is 0 Å². The maximum absolute atomic E-state index is 6.10. The molecule has 14 heavy (non-hydrogen) atoms. The second kappa shape index (κ2) is 5.61. The lowest BCUT2D eigenvalue weighted by Crippen LogP contribution is -2.27. The van der Waals surface area contributed by atoms with E-state index in [2.05, 4.69) is 37.8 Å². The summed E-state index contributed by atoms with van der Waals surface area (Å²) in [6.07, 6.45) is 3.86. The molecule has 0 aliphatic carbocycles. The van der Waals surface area contributed by atoms with Gasteiger partial charge >= 0.3 is 0 Å². The van der Waals surface area contributed by atoms with E-state index in [4.69, 9.17) is 5.73 Å². The second-order valence-corrected chi connectivity index (χ2v) is 3.61. The fourth-order valence-electron chi connectivity index (χ4n) is 1.84. The van der Waals surface area contributed by atoms with E-state index in [0.717, 1.165) is 12.8 Å². The zero-order valence-corrected chi connectivity index (χ0v) is 8.82. The van der Waals surface area contributed by atoms with E-state index in [0.29, 0.717) is 5.92 Å². The summed E-state index contributed by atoms with van der Waals surface area (Å²) in [6, 6.07) is 10.7. The first kappa shape index (κ1) is 11.0. The summed E-state index contributed by atoms with van der Waals surface area (Å²) in [5.41, 5.74) is 7.44. The van der Waals surface area contributed by atoms with Crippen LogP contribution in [0.3, 0.4) is 0 Å². The average molecular weight is 189 g/mol. The Bertz CT molecular complexity index is 266. The molecule has 0 aliphatic rings. The van der Waals surface area contributed by atoms with Gasteiger partial charge in [-0.1, -0.05) is 43.3 Å². The maximum Gasteiger partial charge on any atom is 0.0142 e. The summed E-state index contributed by atoms with van der Waals surface area (Å²) >= 11 is 0. The largest absolute Gasteiger partial charge is 0.327 e. The van der Waals surface area contributed by atoms with Gasteiger partial charge in [0.25, 0.3) is 0 Å². The van der Waals surface area contributed by atoms with E-state index in [1.807, 2.05) is 12.1 Å². The highest BCUT2D eigenvalue weighted by molar-refractivity contribution is 5.21. The van der Waals surface area contributed by atoms with Gasteiger partial charge in [0.05, 0.1) is 0 Å². The zero-order valence-electron chi connectivity index (χ0n) is 8.82. The molecule has 1 rings (SSSR count). The van der Waals surface area contributed by atoms with Gasteiger partial charge in [0.15, 0.2) is 0 Å². The fourth-order valence-corrected chi connectivity index (χ4v) is 1.84. The first-order valence-corrected chi connectivity index (χ1v) is 5.21. The van der Waals surface area contributed by atoms with Crippen LogP contribution in [0.4, 0.5) is 0 Å². The predicted molar refractivity (Wildman–Crippen MR) is 62.3 cm³/mol. The van der Waals surface area contributed by atoms with Crippen molar-refractivity contribution in [2.75, 3.05) is 0 Å². The third-order valence-corrected chi connectivity index (χ3v) is 2.62. The topological polar surface area (TPSA) is 26.0 Å². The molecule has 1 nitrogen and oxygen atoms in total. The van der Waals surface area contributed by atoms with Crippen LogP contribution in [0.5, 0.6) is 0 Å². The molecule has 2 N–H and O–H groups in total. The highest BCUT2D eigenvalue weighted by Gasteiger charge is 2.15. The van der Waals surface area contributed by atoms with E-state index in [9.17, 15) is 0 Å². The third-order valence-electron chi connectivity index (χ3n) is 2.62. The number of benzene rings is 1. The van der Waals surface area contributed by atoms with Gasteiger partial charge in [-0.05, 0) is 24.3 Å². The molecule has 0 aromatic heterocycles. The van der Waals surface area contributed by atoms with Crippen LogP contribution in [0.2, 0.25) is 0 Å². The van der Waals surface area contributed by atoms with Crippen LogP contribution in [0, 0.1) is 0 Å². The SMILES string of the molecule is C=CCC(N)C(CC)c1ccccc1. The molecular formula is C13H19N. The van der Waals surface area contributed by atoms with Crippen molar-refractivity contribution in [3.63, 3.8) is 0 Å². The minimum Gasteiger partial charge on any atom is -0.327 e. The van der Waals surface area contributed by atoms with Gasteiger partial charge in [-0.2, -0.15) is 0 Å². The first-order valence-electron chi connectivity index (χ1n) is 5.21. The van der Waals surface area contributed by atoms with Crippen LogP contribution < -0.4 is 5.73 Å². The third kappa shape index (κ3) is 2.71. The van der Waals surface area contributed by atoms with Crippen LogP contribution in [0.1, 0.15) is 31.2 Å². The number of hydrogen-bond donors (Lipinski definition) is 1. The highest BCUT2D eigenvalue weighted by Crippen LogP contribution is 2.23. The van der Waals surface area contributed by atoms with E-state index < -0.39 is 0 Å². The van der Waals surface area contributed by atoms with Gasteiger partial charge in [0.2, 0.25) is 0 Å². The molecule has 0 saturated carbocycles. The van der Waals surface area contributed by atoms with E-state index >= 15 is 0 Å². The fraction of sp³-hybridized carbons (Fsp3) is 0.385. The minimum atomic E-state index is 0.194. The number of hydrogen-bond acceptors (Lipinski definition) is 1. The molecule has 0 fully saturated rings. The van der Waals surface area contributed by atoms with Crippen molar-refractivity contribution in [1.29, 1.82) is 0 Å². The van der Waals surface area contributed by atoms with E-state index in [-0.39, 0.29) is 6.04 Å². The van der Waals surface area contributed by atoms with Crippen LogP contribution in [-0.2, 0) is 0 Å². The molecule has 0 saturated heterocycles. The Kier molecular flexibility index (Phi) is 4.41. The molecule has 2 unspecified atom stereocenters. The lowest BCUT2D eigenvalue weighted by atomic mass is 9.88. The molecule has 0 amide bonds. The number of rotatable bonds is 5. The van der Waals surface area contributed by atoms with Gasteiger partial charge in [0.1, 0.15) is 0 Å². The van der Waals surface area contributed by atoms with Crippen molar-refractivity contribution >= 4 is 0 Å². The van der Waals surface area contributed by atoms with Crippen molar-refractivity contribution in [1.82, 2.24) is 0 Å². The van der Waals surface area contributed by atoms with Crippen LogP contribution in [0.25, 0.3) is 0 Å². The molecule has 0 aliphatic heterocycles. The molecule has 0 heterocycles. The van der Waals surface area contributed by atoms with E-state index in [1.54, 1.807) is 0 Å². The Balaban J connectivity index is 2.76. The monoisotopic (exact) mass is 189 g/mol. The summed E-state index contributed by atoms with van der Waals surface area (Å²) in [5, 5.41) is 0. The smallest absolute Gasteiger partial charge is 0.0142 e. The van der Waals surface area contributed by atoms with Gasteiger partial charge in [-0.3, -0.25) is 0 Å². The van der Waals surface area contributed by atoms with Crippen LogP contribution in [-0.4, -0.2) is 6.04 Å². The summed E-state index contributed by atoms with van der Waals surface area (Å²) in [4.78, 5) is 0. The van der Waals surface area contributed by atoms with Gasteiger partial charge in [0, 0.05) is 6.04 Å². The molecular weight excluding hydrogens is 170 g/mol. The molecule has 0 bridgehead atoms. The summed E-state index contributed by atoms with van der Waals surface area (Å²) in [6.45, 7) is 5.91. The molecule has 1 aromatic carbocycles. The molecule has 76 valence electrons. The summed E-state index contributed by atoms with van der Waals surface area (Å²) in [5.74, 6) is 0.453. The van der Waals surface area contributed by atoms with Crippen molar-refractivity contribution in [2.24, 2.45) is 5.73 Å². The average Bonchev–Trinajstić information content (AvgIpc) is 2.21. The Morgan fingerprint density at radius 3 is 2.50 bits per heavy atom. The molecule has 0 spiro atoms. The standard InChI is InChI=1S/C13H19N/c1-3-8-13(14)12(4-2)11-9-6-5-7-10-11/h3,5-7,9-10,12-13H,1,4,8,14H2,2H3. The van der Waals surface area contributed by atoms with Crippen molar-refractivity contribution in [3.8, 4) is 0 Å². The summed E-state index contributed by atoms with van der Waals surface area (Å²) in [7, 11) is 0. The maximum atomic E-state index is 6.10. The predicted octanol–water partition coefficient (Wildman–Crippen LogP) is 3.08. The molecule has 0 radical (unpaired) electrons. The minimum absolute atomic E-state index is 0.194. The Morgan fingerprint density at radius 1 is 1.36 bits per heavy atom. The highest BCUT2D eigenvalue weighted by atomic mass is 14.6. The van der Waals surface area contributed by atoms with Gasteiger partial charge in [-0.25, -0.2) is 0 Å². The molecule has 2 atom stereocenters. The summed E-state index contributed by atoms with van der Waals surface area (Å²) < 4.78 is 0. The molecule has 1 heteroatoms. The van der Waals surface area contributed by atoms with Gasteiger partial charge in [-0.15, -0.1) is 6.58 Å². The zero-order chi connectivity index (χ0) is 10.4. The van der Waals surface area contributed by atoms with Crippen LogP contribution in [0.15, 0.2) is 43.0 Å². The number of nitrogens with two attached hydrogens (primary N) is 1. The molecule has 1 aromatic rings. The van der Waals surface area contributed by atoms with Crippen molar-refractivity contribution < 1.29 is 0 Å². The first-order chi connectivity index (χ1) is 6.79. The van der Waals surface area contributed by atoms with Gasteiger partial charge < -0.3 is 5.73 Å². The quantitative estimate of drug-likeness (QED) is 0.708. The normalized spacial score (nSPS) is 14.7. The lowest BCUT2D eigenvalue weighted by molar-refractivity contribution is 0.522. The van der Waals surface area contributed by atoms with E-state index in [1.165, 1.54) is 5.56 Å². The lowest BCUT2D eigenvalue weighted by Gasteiger charge is -2.21. The Morgan fingerprint density at radius 2 is 2.00 bits per heavy atom.